The Kier molecular flexibility index (Phi) is 4.78. The summed E-state index contributed by atoms with van der Waals surface area (Å²) < 4.78 is 0. The summed E-state index contributed by atoms with van der Waals surface area (Å²) in [5.74, 6) is -0.989. The second kappa shape index (κ2) is 5.89. The molecule has 3 N–H and O–H groups in total. The molecule has 0 bridgehead atoms. The molecule has 0 saturated heterocycles. The quantitative estimate of drug-likeness (QED) is 0.704. The number of carbonyl (C=O) groups is 2. The average molecular weight is 242 g/mol. The number of hydrogen-bond acceptors (Lipinski definition) is 2. The maximum atomic E-state index is 11.7. The van der Waals surface area contributed by atoms with Crippen LogP contribution >= 0.6 is 0 Å². The Balaban J connectivity index is 2.45. The summed E-state index contributed by atoms with van der Waals surface area (Å²) in [7, 11) is 0. The molecule has 0 aromatic rings. The van der Waals surface area contributed by atoms with Crippen molar-refractivity contribution in [3.63, 3.8) is 0 Å². The number of hydrogen-bond donors (Lipinski definition) is 3. The van der Waals surface area contributed by atoms with Crippen molar-refractivity contribution in [2.75, 3.05) is 0 Å². The van der Waals surface area contributed by atoms with Crippen LogP contribution in [0.2, 0.25) is 0 Å². The van der Waals surface area contributed by atoms with Crippen molar-refractivity contribution in [1.82, 2.24) is 10.6 Å². The van der Waals surface area contributed by atoms with Crippen LogP contribution in [-0.2, 0) is 4.79 Å². The van der Waals surface area contributed by atoms with Gasteiger partial charge in [-0.2, -0.15) is 0 Å². The molecule has 0 aromatic carbocycles. The van der Waals surface area contributed by atoms with Gasteiger partial charge in [0.25, 0.3) is 0 Å². The number of urea groups is 1. The van der Waals surface area contributed by atoms with Gasteiger partial charge < -0.3 is 15.7 Å². The van der Waals surface area contributed by atoms with Crippen molar-refractivity contribution in [2.45, 2.75) is 64.0 Å². The lowest BCUT2D eigenvalue weighted by Crippen LogP contribution is -2.54. The maximum Gasteiger partial charge on any atom is 0.326 e. The summed E-state index contributed by atoms with van der Waals surface area (Å²) >= 11 is 0. The van der Waals surface area contributed by atoms with Crippen LogP contribution in [0.5, 0.6) is 0 Å². The van der Waals surface area contributed by atoms with Gasteiger partial charge in [0.15, 0.2) is 0 Å². The summed E-state index contributed by atoms with van der Waals surface area (Å²) in [6, 6.07) is -1.18. The van der Waals surface area contributed by atoms with Crippen molar-refractivity contribution in [3.8, 4) is 0 Å². The predicted octanol–water partition coefficient (Wildman–Crippen LogP) is 1.87. The Morgan fingerprint density at radius 2 is 1.88 bits per heavy atom. The number of nitrogens with one attached hydrogen (secondary N) is 2. The molecule has 1 fully saturated rings. The average Bonchev–Trinajstić information content (AvgIpc) is 2.25. The largest absolute Gasteiger partial charge is 0.480 e. The van der Waals surface area contributed by atoms with Gasteiger partial charge in [-0.15, -0.1) is 0 Å². The van der Waals surface area contributed by atoms with Crippen LogP contribution in [0.1, 0.15) is 52.4 Å². The number of amides is 2. The van der Waals surface area contributed by atoms with Crippen molar-refractivity contribution < 1.29 is 14.7 Å². The monoisotopic (exact) mass is 242 g/mol. The van der Waals surface area contributed by atoms with E-state index in [1.54, 1.807) is 6.92 Å². The molecule has 5 heteroatoms. The van der Waals surface area contributed by atoms with E-state index in [2.05, 4.69) is 10.6 Å². The second-order valence-electron chi connectivity index (χ2n) is 5.02. The minimum atomic E-state index is -0.989. The highest BCUT2D eigenvalue weighted by Crippen LogP contribution is 2.27. The van der Waals surface area contributed by atoms with E-state index >= 15 is 0 Å². The minimum absolute atomic E-state index is 0.181. The van der Waals surface area contributed by atoms with E-state index in [1.807, 2.05) is 6.92 Å². The molecule has 0 radical (unpaired) electrons. The summed E-state index contributed by atoms with van der Waals surface area (Å²) in [4.78, 5) is 22.5. The van der Waals surface area contributed by atoms with E-state index in [9.17, 15) is 9.59 Å². The van der Waals surface area contributed by atoms with Gasteiger partial charge in [0.05, 0.1) is 0 Å². The standard InChI is InChI=1S/C12H22N2O3/c1-3-9(10(15)16)13-11(17)14-12(2)7-5-4-6-8-12/h9H,3-8H2,1-2H3,(H,15,16)(H2,13,14,17)/t9-/m1/s1. The van der Waals surface area contributed by atoms with Gasteiger partial charge in [-0.25, -0.2) is 9.59 Å². The molecule has 5 nitrogen and oxygen atoms in total. The topological polar surface area (TPSA) is 78.4 Å². The van der Waals surface area contributed by atoms with Crippen LogP contribution in [0.25, 0.3) is 0 Å². The molecule has 98 valence electrons. The van der Waals surface area contributed by atoms with Crippen LogP contribution in [0.15, 0.2) is 0 Å². The minimum Gasteiger partial charge on any atom is -0.480 e. The van der Waals surface area contributed by atoms with Crippen molar-refractivity contribution >= 4 is 12.0 Å². The Hall–Kier alpha value is -1.26. The van der Waals surface area contributed by atoms with E-state index in [0.29, 0.717) is 6.42 Å². The molecule has 0 aliphatic heterocycles. The van der Waals surface area contributed by atoms with Crippen LogP contribution in [0, 0.1) is 0 Å². The molecule has 0 aromatic heterocycles. The van der Waals surface area contributed by atoms with Crippen LogP contribution < -0.4 is 10.6 Å². The van der Waals surface area contributed by atoms with Crippen LogP contribution in [0.4, 0.5) is 4.79 Å². The Morgan fingerprint density at radius 1 is 1.29 bits per heavy atom. The zero-order valence-electron chi connectivity index (χ0n) is 10.6. The Morgan fingerprint density at radius 3 is 2.35 bits per heavy atom. The number of rotatable bonds is 4. The SMILES string of the molecule is CC[C@@H](NC(=O)NC1(C)CCCCC1)C(=O)O. The number of carboxylic acids is 1. The van der Waals surface area contributed by atoms with Crippen LogP contribution in [0.3, 0.4) is 0 Å². The second-order valence-corrected chi connectivity index (χ2v) is 5.02. The third kappa shape index (κ3) is 4.24. The fourth-order valence-corrected chi connectivity index (χ4v) is 2.26. The first-order valence-corrected chi connectivity index (χ1v) is 6.28. The summed E-state index contributed by atoms with van der Waals surface area (Å²) in [5.41, 5.74) is -0.181. The van der Waals surface area contributed by atoms with E-state index in [4.69, 9.17) is 5.11 Å². The highest BCUT2D eigenvalue weighted by atomic mass is 16.4. The molecule has 0 unspecified atom stereocenters. The third-order valence-electron chi connectivity index (χ3n) is 3.38. The van der Waals surface area contributed by atoms with Crippen LogP contribution in [-0.4, -0.2) is 28.7 Å². The summed E-state index contributed by atoms with van der Waals surface area (Å²) in [6.07, 6.45) is 5.76. The molecule has 1 aliphatic rings. The lowest BCUT2D eigenvalue weighted by atomic mass is 9.83. The van der Waals surface area contributed by atoms with Gasteiger partial charge >= 0.3 is 12.0 Å². The molecule has 1 rings (SSSR count). The van der Waals surface area contributed by atoms with E-state index < -0.39 is 12.0 Å². The van der Waals surface area contributed by atoms with Gasteiger partial charge in [-0.05, 0) is 26.2 Å². The van der Waals surface area contributed by atoms with Crippen molar-refractivity contribution in [2.24, 2.45) is 0 Å². The summed E-state index contributed by atoms with van der Waals surface area (Å²) in [6.45, 7) is 3.76. The highest BCUT2D eigenvalue weighted by molar-refractivity contribution is 5.82. The van der Waals surface area contributed by atoms with E-state index in [1.165, 1.54) is 6.42 Å². The first-order valence-electron chi connectivity index (χ1n) is 6.28. The number of carbonyl (C=O) groups excluding carboxylic acids is 1. The Labute approximate surface area is 102 Å². The zero-order valence-corrected chi connectivity index (χ0v) is 10.6. The first-order chi connectivity index (χ1) is 7.97. The number of aliphatic carboxylic acids is 1. The first kappa shape index (κ1) is 13.8. The van der Waals surface area contributed by atoms with E-state index in [-0.39, 0.29) is 11.6 Å². The molecular weight excluding hydrogens is 220 g/mol. The molecule has 1 atom stereocenters. The van der Waals surface area contributed by atoms with Gasteiger partial charge in [0, 0.05) is 5.54 Å². The fourth-order valence-electron chi connectivity index (χ4n) is 2.26. The third-order valence-corrected chi connectivity index (χ3v) is 3.38. The molecule has 2 amide bonds. The molecule has 1 aliphatic carbocycles. The van der Waals surface area contributed by atoms with E-state index in [0.717, 1.165) is 25.7 Å². The van der Waals surface area contributed by atoms with Gasteiger partial charge in [0.2, 0.25) is 0 Å². The summed E-state index contributed by atoms with van der Waals surface area (Å²) in [5, 5.41) is 14.2. The normalized spacial score (nSPS) is 20.4. The van der Waals surface area contributed by atoms with Gasteiger partial charge in [-0.3, -0.25) is 0 Å². The lowest BCUT2D eigenvalue weighted by Gasteiger charge is -2.34. The molecule has 0 spiro atoms. The molecular formula is C12H22N2O3. The van der Waals surface area contributed by atoms with Crippen molar-refractivity contribution in [3.05, 3.63) is 0 Å². The smallest absolute Gasteiger partial charge is 0.326 e. The number of carboxylic acid groups (broad SMARTS) is 1. The fraction of sp³-hybridized carbons (Fsp3) is 0.833. The zero-order chi connectivity index (χ0) is 12.9. The van der Waals surface area contributed by atoms with Gasteiger partial charge in [0.1, 0.15) is 6.04 Å². The molecule has 0 heterocycles. The maximum absolute atomic E-state index is 11.7. The van der Waals surface area contributed by atoms with Gasteiger partial charge in [-0.1, -0.05) is 26.2 Å². The van der Waals surface area contributed by atoms with Crippen molar-refractivity contribution in [1.29, 1.82) is 0 Å². The molecule has 17 heavy (non-hydrogen) atoms. The highest BCUT2D eigenvalue weighted by Gasteiger charge is 2.29. The lowest BCUT2D eigenvalue weighted by molar-refractivity contribution is -0.139. The molecule has 1 saturated carbocycles. The predicted molar refractivity (Wildman–Crippen MR) is 64.9 cm³/mol. The Bertz CT molecular complexity index is 285.